The van der Waals surface area contributed by atoms with Gasteiger partial charge in [-0.15, -0.1) is 12.4 Å². The van der Waals surface area contributed by atoms with Crippen molar-refractivity contribution in [1.29, 1.82) is 0 Å². The molecular weight excluding hydrogens is 274 g/mol. The summed E-state index contributed by atoms with van der Waals surface area (Å²) in [7, 11) is -1.65. The summed E-state index contributed by atoms with van der Waals surface area (Å²) >= 11 is 0. The van der Waals surface area contributed by atoms with E-state index >= 15 is 0 Å². The van der Waals surface area contributed by atoms with E-state index in [0.29, 0.717) is 18.6 Å². The highest BCUT2D eigenvalue weighted by molar-refractivity contribution is 7.87. The zero-order valence-corrected chi connectivity index (χ0v) is 12.7. The maximum atomic E-state index is 12.0. The number of piperidine rings is 1. The molecule has 0 spiro atoms. The van der Waals surface area contributed by atoms with E-state index in [1.54, 1.807) is 7.05 Å². The molecule has 18 heavy (non-hydrogen) atoms. The van der Waals surface area contributed by atoms with Crippen molar-refractivity contribution in [1.82, 2.24) is 14.3 Å². The number of nitrogens with one attached hydrogen (secondary N) is 2. The molecule has 2 fully saturated rings. The molecule has 0 saturated carbocycles. The molecule has 2 atom stereocenters. The average molecular weight is 298 g/mol. The third kappa shape index (κ3) is 3.81. The Kier molecular flexibility index (Phi) is 5.86. The number of hydrogen-bond acceptors (Lipinski definition) is 3. The second kappa shape index (κ2) is 6.52. The van der Waals surface area contributed by atoms with Crippen molar-refractivity contribution in [2.45, 2.75) is 57.2 Å². The van der Waals surface area contributed by atoms with E-state index in [-0.39, 0.29) is 18.4 Å². The van der Waals surface area contributed by atoms with Gasteiger partial charge in [-0.2, -0.15) is 17.4 Å². The molecule has 7 heteroatoms. The van der Waals surface area contributed by atoms with Crippen LogP contribution in [0.3, 0.4) is 0 Å². The maximum absolute atomic E-state index is 12.0. The van der Waals surface area contributed by atoms with Crippen LogP contribution < -0.4 is 10.0 Å². The van der Waals surface area contributed by atoms with Crippen molar-refractivity contribution in [2.75, 3.05) is 13.6 Å². The van der Waals surface area contributed by atoms with Gasteiger partial charge in [-0.05, 0) is 32.1 Å². The SMILES string of the molecule is CCCN(C)S(=O)(=O)NC1CC2CCC(C1)N2.Cl. The molecule has 5 nitrogen and oxygen atoms in total. The Hall–Kier alpha value is 0.120. The van der Waals surface area contributed by atoms with Gasteiger partial charge in [0.2, 0.25) is 0 Å². The first-order valence-corrected chi connectivity index (χ1v) is 7.95. The van der Waals surface area contributed by atoms with Crippen molar-refractivity contribution in [2.24, 2.45) is 0 Å². The minimum Gasteiger partial charge on any atom is -0.311 e. The molecule has 2 rings (SSSR count). The first kappa shape index (κ1) is 16.2. The van der Waals surface area contributed by atoms with Crippen LogP contribution in [0.25, 0.3) is 0 Å². The molecule has 0 aromatic heterocycles. The summed E-state index contributed by atoms with van der Waals surface area (Å²) in [6.45, 7) is 2.56. The van der Waals surface area contributed by atoms with Gasteiger partial charge < -0.3 is 5.32 Å². The smallest absolute Gasteiger partial charge is 0.279 e. The largest absolute Gasteiger partial charge is 0.311 e. The van der Waals surface area contributed by atoms with Gasteiger partial charge in [0, 0.05) is 31.7 Å². The Bertz CT molecular complexity index is 351. The average Bonchev–Trinajstić information content (AvgIpc) is 2.58. The second-order valence-corrected chi connectivity index (χ2v) is 7.06. The van der Waals surface area contributed by atoms with Crippen LogP contribution in [0.1, 0.15) is 39.0 Å². The van der Waals surface area contributed by atoms with Crippen LogP contribution in [-0.2, 0) is 10.2 Å². The van der Waals surface area contributed by atoms with E-state index in [1.165, 1.54) is 17.1 Å². The maximum Gasteiger partial charge on any atom is 0.279 e. The Morgan fingerprint density at radius 3 is 2.33 bits per heavy atom. The summed E-state index contributed by atoms with van der Waals surface area (Å²) < 4.78 is 28.3. The topological polar surface area (TPSA) is 61.4 Å². The monoisotopic (exact) mass is 297 g/mol. The number of fused-ring (bicyclic) bond motifs is 2. The number of nitrogens with zero attached hydrogens (tertiary/aromatic N) is 1. The van der Waals surface area contributed by atoms with Gasteiger partial charge in [0.05, 0.1) is 0 Å². The first-order valence-electron chi connectivity index (χ1n) is 6.51. The summed E-state index contributed by atoms with van der Waals surface area (Å²) in [6, 6.07) is 1.13. The van der Waals surface area contributed by atoms with E-state index in [2.05, 4.69) is 10.0 Å². The van der Waals surface area contributed by atoms with Crippen molar-refractivity contribution < 1.29 is 8.42 Å². The van der Waals surface area contributed by atoms with Crippen LogP contribution in [0.5, 0.6) is 0 Å². The van der Waals surface area contributed by atoms with Crippen molar-refractivity contribution in [3.63, 3.8) is 0 Å². The fraction of sp³-hybridized carbons (Fsp3) is 1.00. The van der Waals surface area contributed by atoms with Gasteiger partial charge in [-0.25, -0.2) is 0 Å². The normalized spacial score (nSPS) is 31.4. The Labute approximate surface area is 116 Å². The van der Waals surface area contributed by atoms with Gasteiger partial charge in [0.15, 0.2) is 0 Å². The van der Waals surface area contributed by atoms with E-state index in [1.807, 2.05) is 6.92 Å². The first-order chi connectivity index (χ1) is 8.01. The number of rotatable bonds is 5. The number of halogens is 1. The summed E-state index contributed by atoms with van der Waals surface area (Å²) in [4.78, 5) is 0. The molecule has 2 bridgehead atoms. The lowest BCUT2D eigenvalue weighted by Gasteiger charge is -2.30. The van der Waals surface area contributed by atoms with Gasteiger partial charge >= 0.3 is 0 Å². The van der Waals surface area contributed by atoms with Gasteiger partial charge in [0.25, 0.3) is 10.2 Å². The molecule has 0 aliphatic carbocycles. The van der Waals surface area contributed by atoms with Crippen LogP contribution in [0, 0.1) is 0 Å². The van der Waals surface area contributed by atoms with Crippen LogP contribution >= 0.6 is 12.4 Å². The zero-order chi connectivity index (χ0) is 12.5. The standard InChI is InChI=1S/C11H23N3O2S.ClH/c1-3-6-14(2)17(15,16)13-11-7-9-4-5-10(8-11)12-9;/h9-13H,3-8H2,1-2H3;1H. The molecule has 2 aliphatic heterocycles. The summed E-state index contributed by atoms with van der Waals surface area (Å²) in [6.07, 6.45) is 5.07. The minimum atomic E-state index is -3.29. The van der Waals surface area contributed by atoms with Gasteiger partial charge in [-0.3, -0.25) is 0 Å². The molecule has 2 aliphatic rings. The van der Waals surface area contributed by atoms with E-state index in [0.717, 1.165) is 19.3 Å². The molecular formula is C11H24ClN3O2S. The van der Waals surface area contributed by atoms with E-state index in [4.69, 9.17) is 0 Å². The molecule has 0 aromatic rings. The van der Waals surface area contributed by atoms with E-state index < -0.39 is 10.2 Å². The predicted octanol–water partition coefficient (Wildman–Crippen LogP) is 0.867. The molecule has 0 radical (unpaired) electrons. The third-order valence-corrected chi connectivity index (χ3v) is 5.37. The molecule has 2 N–H and O–H groups in total. The quantitative estimate of drug-likeness (QED) is 0.791. The summed E-state index contributed by atoms with van der Waals surface area (Å²) in [5.41, 5.74) is 0. The molecule has 0 amide bonds. The zero-order valence-electron chi connectivity index (χ0n) is 11.1. The van der Waals surface area contributed by atoms with Gasteiger partial charge in [-0.1, -0.05) is 6.92 Å². The third-order valence-electron chi connectivity index (χ3n) is 3.74. The Morgan fingerprint density at radius 2 is 1.83 bits per heavy atom. The van der Waals surface area contributed by atoms with Crippen molar-refractivity contribution in [3.8, 4) is 0 Å². The lowest BCUT2D eigenvalue weighted by atomic mass is 10.0. The highest BCUT2D eigenvalue weighted by Gasteiger charge is 2.35. The second-order valence-electron chi connectivity index (χ2n) is 5.25. The van der Waals surface area contributed by atoms with E-state index in [9.17, 15) is 8.42 Å². The lowest BCUT2D eigenvalue weighted by Crippen LogP contribution is -2.51. The van der Waals surface area contributed by atoms with Crippen LogP contribution in [-0.4, -0.2) is 44.4 Å². The minimum absolute atomic E-state index is 0. The van der Waals surface area contributed by atoms with Gasteiger partial charge in [0.1, 0.15) is 0 Å². The van der Waals surface area contributed by atoms with Crippen LogP contribution in [0.15, 0.2) is 0 Å². The van der Waals surface area contributed by atoms with Crippen molar-refractivity contribution >= 4 is 22.6 Å². The molecule has 2 unspecified atom stereocenters. The summed E-state index contributed by atoms with van der Waals surface area (Å²) in [5.74, 6) is 0. The lowest BCUT2D eigenvalue weighted by molar-refractivity contribution is 0.337. The fourth-order valence-electron chi connectivity index (χ4n) is 2.89. The Morgan fingerprint density at radius 1 is 1.28 bits per heavy atom. The fourth-order valence-corrected chi connectivity index (χ4v) is 4.11. The Balaban J connectivity index is 0.00000162. The van der Waals surface area contributed by atoms with Crippen LogP contribution in [0.2, 0.25) is 0 Å². The molecule has 2 saturated heterocycles. The molecule has 2 heterocycles. The highest BCUT2D eigenvalue weighted by atomic mass is 35.5. The summed E-state index contributed by atoms with van der Waals surface area (Å²) in [5, 5.41) is 3.51. The van der Waals surface area contributed by atoms with Crippen molar-refractivity contribution in [3.05, 3.63) is 0 Å². The highest BCUT2D eigenvalue weighted by Crippen LogP contribution is 2.27. The predicted molar refractivity (Wildman–Crippen MR) is 75.2 cm³/mol. The molecule has 108 valence electrons. The van der Waals surface area contributed by atoms with Crippen LogP contribution in [0.4, 0.5) is 0 Å². The number of hydrogen-bond donors (Lipinski definition) is 2. The molecule has 0 aromatic carbocycles.